The van der Waals surface area contributed by atoms with E-state index >= 15 is 0 Å². The molecule has 1 aromatic carbocycles. The van der Waals surface area contributed by atoms with Crippen LogP contribution in [0.2, 0.25) is 0 Å². The molecule has 19 heavy (non-hydrogen) atoms. The van der Waals surface area contributed by atoms with Crippen molar-refractivity contribution in [3.63, 3.8) is 0 Å². The van der Waals surface area contributed by atoms with Gasteiger partial charge in [0.2, 0.25) is 0 Å². The molecule has 1 rings (SSSR count). The summed E-state index contributed by atoms with van der Waals surface area (Å²) in [4.78, 5) is 11.3. The van der Waals surface area contributed by atoms with Crippen LogP contribution in [-0.4, -0.2) is 31.9 Å². The van der Waals surface area contributed by atoms with Crippen molar-refractivity contribution in [1.29, 1.82) is 0 Å². The van der Waals surface area contributed by atoms with E-state index in [0.29, 0.717) is 0 Å². The number of rotatable bonds is 5. The van der Waals surface area contributed by atoms with Gasteiger partial charge in [0.1, 0.15) is 5.75 Å². The van der Waals surface area contributed by atoms with E-state index in [9.17, 15) is 22.4 Å². The summed E-state index contributed by atoms with van der Waals surface area (Å²) in [6.07, 6.45) is -3.84. The second kappa shape index (κ2) is 5.77. The molecule has 0 aliphatic carbocycles. The number of amides is 1. The Bertz CT molecular complexity index is 466. The van der Waals surface area contributed by atoms with E-state index in [0.717, 1.165) is 6.07 Å². The summed E-state index contributed by atoms with van der Waals surface area (Å²) >= 11 is 0. The lowest BCUT2D eigenvalue weighted by molar-refractivity contribution is -0.148. The van der Waals surface area contributed by atoms with E-state index in [1.807, 2.05) is 0 Å². The molecule has 0 saturated carbocycles. The van der Waals surface area contributed by atoms with Crippen molar-refractivity contribution in [2.45, 2.75) is 12.3 Å². The van der Waals surface area contributed by atoms with Crippen molar-refractivity contribution in [3.05, 3.63) is 23.8 Å². The Balaban J connectivity index is 2.86. The van der Waals surface area contributed by atoms with E-state index in [1.165, 1.54) is 19.2 Å². The number of nitrogen functional groups attached to an aromatic ring is 1. The molecule has 0 heterocycles. The lowest BCUT2D eigenvalue weighted by Crippen LogP contribution is -2.34. The second-order valence-corrected chi connectivity index (χ2v) is 3.68. The van der Waals surface area contributed by atoms with Crippen LogP contribution in [0.25, 0.3) is 0 Å². The van der Waals surface area contributed by atoms with Crippen molar-refractivity contribution in [3.8, 4) is 5.75 Å². The molecule has 0 aromatic heterocycles. The highest BCUT2D eigenvalue weighted by molar-refractivity contribution is 5.95. The fourth-order valence-electron chi connectivity index (χ4n) is 1.18. The minimum atomic E-state index is -4.28. The van der Waals surface area contributed by atoms with E-state index in [1.54, 1.807) is 0 Å². The van der Waals surface area contributed by atoms with Crippen LogP contribution >= 0.6 is 0 Å². The maximum absolute atomic E-state index is 12.7. The molecule has 1 aromatic rings. The summed E-state index contributed by atoms with van der Waals surface area (Å²) in [5.41, 5.74) is 5.54. The predicted molar refractivity (Wildman–Crippen MR) is 60.7 cm³/mol. The number of anilines is 1. The molecule has 0 bridgehead atoms. The highest BCUT2D eigenvalue weighted by atomic mass is 19.3. The Morgan fingerprint density at radius 2 is 2.11 bits per heavy atom. The molecule has 0 atom stereocenters. The number of carbonyl (C=O) groups excluding carboxylic acids is 1. The van der Waals surface area contributed by atoms with Crippen LogP contribution in [0.4, 0.5) is 23.2 Å². The molecule has 0 aliphatic heterocycles. The van der Waals surface area contributed by atoms with Gasteiger partial charge in [0.15, 0.2) is 6.61 Å². The number of benzene rings is 1. The van der Waals surface area contributed by atoms with Crippen molar-refractivity contribution >= 4 is 11.6 Å². The van der Waals surface area contributed by atoms with Crippen LogP contribution in [0, 0.1) is 0 Å². The molecule has 0 unspecified atom stereocenters. The van der Waals surface area contributed by atoms with Gasteiger partial charge < -0.3 is 15.8 Å². The van der Waals surface area contributed by atoms with Gasteiger partial charge in [-0.25, -0.2) is 8.78 Å². The summed E-state index contributed by atoms with van der Waals surface area (Å²) in [7, 11) is 1.38. The molecule has 3 N–H and O–H groups in total. The molecule has 0 spiro atoms. The molecule has 0 fully saturated rings. The van der Waals surface area contributed by atoms with Crippen molar-refractivity contribution in [1.82, 2.24) is 5.32 Å². The van der Waals surface area contributed by atoms with Crippen LogP contribution < -0.4 is 15.8 Å². The second-order valence-electron chi connectivity index (χ2n) is 3.68. The number of halogens is 4. The van der Waals surface area contributed by atoms with Gasteiger partial charge in [-0.2, -0.15) is 8.78 Å². The molecular weight excluding hydrogens is 268 g/mol. The van der Waals surface area contributed by atoms with E-state index < -0.39 is 24.9 Å². The fraction of sp³-hybridized carbons (Fsp3) is 0.364. The van der Waals surface area contributed by atoms with Gasteiger partial charge in [0, 0.05) is 12.6 Å². The molecule has 106 valence electrons. The Labute approximate surface area is 106 Å². The first-order valence-corrected chi connectivity index (χ1v) is 5.18. The number of hydrogen-bond acceptors (Lipinski definition) is 3. The van der Waals surface area contributed by atoms with Crippen LogP contribution in [0.1, 0.15) is 10.4 Å². The average Bonchev–Trinajstić information content (AvgIpc) is 2.36. The summed E-state index contributed by atoms with van der Waals surface area (Å²) in [6.45, 7) is -1.52. The van der Waals surface area contributed by atoms with Gasteiger partial charge in [-0.15, -0.1) is 0 Å². The Kier molecular flexibility index (Phi) is 4.57. The first-order valence-electron chi connectivity index (χ1n) is 5.18. The third kappa shape index (κ3) is 3.73. The van der Waals surface area contributed by atoms with Crippen LogP contribution in [0.5, 0.6) is 5.75 Å². The third-order valence-electron chi connectivity index (χ3n) is 2.24. The van der Waals surface area contributed by atoms with E-state index in [4.69, 9.17) is 5.73 Å². The Morgan fingerprint density at radius 1 is 1.47 bits per heavy atom. The number of carbonyl (C=O) groups is 1. The highest BCUT2D eigenvalue weighted by Crippen LogP contribution is 2.27. The smallest absolute Gasteiger partial charge is 0.340 e. The van der Waals surface area contributed by atoms with Gasteiger partial charge in [0.05, 0.1) is 5.69 Å². The van der Waals surface area contributed by atoms with Gasteiger partial charge in [-0.05, 0) is 18.2 Å². The molecule has 0 aliphatic rings. The summed E-state index contributed by atoms with van der Waals surface area (Å²) < 4.78 is 53.9. The molecule has 0 radical (unpaired) electrons. The number of alkyl halides is 4. The lowest BCUT2D eigenvalue weighted by Gasteiger charge is -2.17. The highest BCUT2D eigenvalue weighted by Gasteiger charge is 2.41. The fourth-order valence-corrected chi connectivity index (χ4v) is 1.18. The molecular formula is C11H12F4N2O2. The molecule has 4 nitrogen and oxygen atoms in total. The Hall–Kier alpha value is -1.99. The van der Waals surface area contributed by atoms with Crippen molar-refractivity contribution in [2.24, 2.45) is 0 Å². The van der Waals surface area contributed by atoms with Gasteiger partial charge in [0.25, 0.3) is 5.91 Å². The molecule has 0 saturated heterocycles. The summed E-state index contributed by atoms with van der Waals surface area (Å²) in [5, 5.41) is 2.32. The van der Waals surface area contributed by atoms with E-state index in [-0.39, 0.29) is 17.0 Å². The Morgan fingerprint density at radius 3 is 2.63 bits per heavy atom. The first kappa shape index (κ1) is 15.1. The zero-order chi connectivity index (χ0) is 14.6. The first-order chi connectivity index (χ1) is 8.77. The average molecular weight is 280 g/mol. The lowest BCUT2D eigenvalue weighted by atomic mass is 10.2. The number of hydrogen-bond donors (Lipinski definition) is 2. The zero-order valence-electron chi connectivity index (χ0n) is 9.92. The third-order valence-corrected chi connectivity index (χ3v) is 2.24. The minimum Gasteiger partial charge on any atom is -0.485 e. The maximum atomic E-state index is 12.7. The van der Waals surface area contributed by atoms with E-state index in [2.05, 4.69) is 10.1 Å². The van der Waals surface area contributed by atoms with Gasteiger partial charge >= 0.3 is 12.3 Å². The maximum Gasteiger partial charge on any atom is 0.340 e. The van der Waals surface area contributed by atoms with Crippen molar-refractivity contribution in [2.75, 3.05) is 19.4 Å². The largest absolute Gasteiger partial charge is 0.485 e. The van der Waals surface area contributed by atoms with Crippen molar-refractivity contribution < 1.29 is 27.1 Å². The number of nitrogens with one attached hydrogen (secondary N) is 1. The molecule has 8 heteroatoms. The van der Waals surface area contributed by atoms with Gasteiger partial charge in [-0.3, -0.25) is 4.79 Å². The zero-order valence-corrected chi connectivity index (χ0v) is 9.92. The van der Waals surface area contributed by atoms with Crippen LogP contribution in [-0.2, 0) is 0 Å². The normalized spacial score (nSPS) is 11.5. The standard InChI is InChI=1S/C11H12F4N2O2/c1-17-9(18)6-2-3-7(16)8(4-6)19-5-11(14,15)10(12)13/h2-4,10H,5,16H2,1H3,(H,17,18). The SMILES string of the molecule is CNC(=O)c1ccc(N)c(OCC(F)(F)C(F)F)c1. The van der Waals surface area contributed by atoms with Crippen LogP contribution in [0.3, 0.4) is 0 Å². The number of nitrogens with two attached hydrogens (primary N) is 1. The summed E-state index contributed by atoms with van der Waals surface area (Å²) in [5.74, 6) is -5.01. The summed E-state index contributed by atoms with van der Waals surface area (Å²) in [6, 6.07) is 3.72. The topological polar surface area (TPSA) is 64.4 Å². The quantitative estimate of drug-likeness (QED) is 0.639. The van der Waals surface area contributed by atoms with Gasteiger partial charge in [-0.1, -0.05) is 0 Å². The number of ether oxygens (including phenoxy) is 1. The predicted octanol–water partition coefficient (Wildman–Crippen LogP) is 1.91. The monoisotopic (exact) mass is 280 g/mol. The van der Waals surface area contributed by atoms with Crippen LogP contribution in [0.15, 0.2) is 18.2 Å². The minimum absolute atomic E-state index is 0.0299. The molecule has 1 amide bonds.